The second kappa shape index (κ2) is 9.19. The van der Waals surface area contributed by atoms with E-state index in [9.17, 15) is 9.90 Å². The van der Waals surface area contributed by atoms with Crippen molar-refractivity contribution in [2.75, 3.05) is 0 Å². The molecule has 0 saturated heterocycles. The fourth-order valence-electron chi connectivity index (χ4n) is 4.01. The number of hydrogen-bond donors (Lipinski definition) is 1. The first-order chi connectivity index (χ1) is 16.6. The highest BCUT2D eigenvalue weighted by molar-refractivity contribution is 5.97. The smallest absolute Gasteiger partial charge is 0.295 e. The molecule has 1 N–H and O–H groups in total. The maximum Gasteiger partial charge on any atom is 0.295 e. The van der Waals surface area contributed by atoms with Gasteiger partial charge in [0.2, 0.25) is 5.88 Å². The maximum atomic E-state index is 12.6. The van der Waals surface area contributed by atoms with Crippen LogP contribution in [0.4, 0.5) is 5.69 Å². The van der Waals surface area contributed by atoms with Gasteiger partial charge in [-0.3, -0.25) is 4.79 Å². The van der Waals surface area contributed by atoms with Crippen molar-refractivity contribution in [3.63, 3.8) is 0 Å². The predicted octanol–water partition coefficient (Wildman–Crippen LogP) is 7.02. The number of hydrogen-bond acceptors (Lipinski definition) is 4. The third kappa shape index (κ3) is 4.13. The third-order valence-electron chi connectivity index (χ3n) is 5.80. The van der Waals surface area contributed by atoms with Crippen LogP contribution in [0.3, 0.4) is 0 Å². The molecule has 0 fully saturated rings. The number of para-hydroxylation sites is 1. The second-order valence-corrected chi connectivity index (χ2v) is 7.93. The summed E-state index contributed by atoms with van der Waals surface area (Å²) >= 11 is 0. The molecule has 4 aromatic carbocycles. The lowest BCUT2D eigenvalue weighted by Crippen LogP contribution is -1.98. The summed E-state index contributed by atoms with van der Waals surface area (Å²) in [5.41, 5.74) is 2.49. The number of benzene rings is 4. The summed E-state index contributed by atoms with van der Waals surface area (Å²) in [6.07, 6.45) is 0. The average Bonchev–Trinajstić information content (AvgIpc) is 3.16. The fraction of sp³-hybridized carbons (Fsp3) is 0.107. The second-order valence-electron chi connectivity index (χ2n) is 7.93. The molecule has 0 bridgehead atoms. The standard InChI is InChI=1S/C28H23N3O3/c1-2-31-25-10-6-5-9-24(25)26(28(31)33)29-30-27(32)21-13-11-19(12-14-21)18-34-23-16-15-20-7-3-4-8-22(20)17-23/h3-17,33H,2,18H2,1H3. The van der Waals surface area contributed by atoms with Crippen LogP contribution in [-0.4, -0.2) is 15.6 Å². The molecule has 5 aromatic rings. The molecule has 0 atom stereocenters. The van der Waals surface area contributed by atoms with E-state index in [4.69, 9.17) is 4.74 Å². The van der Waals surface area contributed by atoms with Crippen molar-refractivity contribution in [2.24, 2.45) is 10.2 Å². The number of fused-ring (bicyclic) bond motifs is 2. The van der Waals surface area contributed by atoms with Gasteiger partial charge < -0.3 is 14.4 Å². The molecule has 34 heavy (non-hydrogen) atoms. The Balaban J connectivity index is 1.28. The van der Waals surface area contributed by atoms with Gasteiger partial charge in [-0.2, -0.15) is 0 Å². The van der Waals surface area contributed by atoms with Crippen LogP contribution >= 0.6 is 0 Å². The van der Waals surface area contributed by atoms with Crippen LogP contribution in [0, 0.1) is 0 Å². The predicted molar refractivity (Wildman–Crippen MR) is 133 cm³/mol. The number of carbonyl (C=O) groups excluding carboxylic acids is 1. The summed E-state index contributed by atoms with van der Waals surface area (Å²) < 4.78 is 7.65. The van der Waals surface area contributed by atoms with Crippen molar-refractivity contribution in [2.45, 2.75) is 20.1 Å². The Morgan fingerprint density at radius 3 is 2.44 bits per heavy atom. The van der Waals surface area contributed by atoms with Crippen molar-refractivity contribution >= 4 is 33.3 Å². The molecular formula is C28H23N3O3. The zero-order valence-corrected chi connectivity index (χ0v) is 18.7. The number of aromatic nitrogens is 1. The largest absolute Gasteiger partial charge is 0.493 e. The summed E-state index contributed by atoms with van der Waals surface area (Å²) in [5, 5.41) is 21.5. The lowest BCUT2D eigenvalue weighted by molar-refractivity contribution is 0.0995. The highest BCUT2D eigenvalue weighted by Crippen LogP contribution is 2.38. The molecule has 0 saturated carbocycles. The maximum absolute atomic E-state index is 12.6. The number of nitrogens with zero attached hydrogens (tertiary/aromatic N) is 3. The molecule has 0 aliphatic carbocycles. The third-order valence-corrected chi connectivity index (χ3v) is 5.80. The first-order valence-electron chi connectivity index (χ1n) is 11.1. The Morgan fingerprint density at radius 1 is 0.912 bits per heavy atom. The van der Waals surface area contributed by atoms with E-state index in [-0.39, 0.29) is 5.88 Å². The minimum atomic E-state index is -0.477. The summed E-state index contributed by atoms with van der Waals surface area (Å²) in [6, 6.07) is 28.7. The molecular weight excluding hydrogens is 426 g/mol. The van der Waals surface area contributed by atoms with Crippen molar-refractivity contribution in [1.82, 2.24) is 4.57 Å². The van der Waals surface area contributed by atoms with Crippen molar-refractivity contribution in [1.29, 1.82) is 0 Å². The van der Waals surface area contributed by atoms with Crippen LogP contribution < -0.4 is 4.74 Å². The topological polar surface area (TPSA) is 76.2 Å². The summed E-state index contributed by atoms with van der Waals surface area (Å²) in [5.74, 6) is 0.315. The van der Waals surface area contributed by atoms with E-state index >= 15 is 0 Å². The molecule has 1 amide bonds. The van der Waals surface area contributed by atoms with Gasteiger partial charge in [0.1, 0.15) is 12.4 Å². The van der Waals surface area contributed by atoms with Crippen LogP contribution in [0.2, 0.25) is 0 Å². The molecule has 0 spiro atoms. The van der Waals surface area contributed by atoms with Gasteiger partial charge in [0.25, 0.3) is 5.91 Å². The minimum absolute atomic E-state index is 0.00133. The summed E-state index contributed by atoms with van der Waals surface area (Å²) in [4.78, 5) is 12.6. The van der Waals surface area contributed by atoms with E-state index in [2.05, 4.69) is 22.4 Å². The monoisotopic (exact) mass is 449 g/mol. The zero-order chi connectivity index (χ0) is 23.5. The van der Waals surface area contributed by atoms with Gasteiger partial charge in [-0.1, -0.05) is 60.7 Å². The molecule has 168 valence electrons. The van der Waals surface area contributed by atoms with E-state index in [1.807, 2.05) is 73.7 Å². The quantitative estimate of drug-likeness (QED) is 0.283. The van der Waals surface area contributed by atoms with Gasteiger partial charge in [0.15, 0.2) is 5.69 Å². The number of aromatic hydroxyl groups is 1. The molecule has 6 nitrogen and oxygen atoms in total. The number of ether oxygens (including phenoxy) is 1. The van der Waals surface area contributed by atoms with Crippen molar-refractivity contribution < 1.29 is 14.6 Å². The Bertz CT molecular complexity index is 1520. The molecule has 5 rings (SSSR count). The van der Waals surface area contributed by atoms with Gasteiger partial charge in [-0.05, 0) is 53.6 Å². The average molecular weight is 450 g/mol. The molecule has 0 aliphatic rings. The highest BCUT2D eigenvalue weighted by Gasteiger charge is 2.15. The van der Waals surface area contributed by atoms with Gasteiger partial charge >= 0.3 is 0 Å². The molecule has 0 radical (unpaired) electrons. The van der Waals surface area contributed by atoms with Crippen LogP contribution in [0.25, 0.3) is 21.7 Å². The Hall–Kier alpha value is -4.45. The highest BCUT2D eigenvalue weighted by atomic mass is 16.5. The van der Waals surface area contributed by atoms with E-state index in [0.717, 1.165) is 27.6 Å². The van der Waals surface area contributed by atoms with Crippen LogP contribution in [0.15, 0.2) is 101 Å². The molecule has 1 aromatic heterocycles. The van der Waals surface area contributed by atoms with E-state index in [1.165, 1.54) is 5.39 Å². The van der Waals surface area contributed by atoms with Crippen molar-refractivity contribution in [3.05, 3.63) is 102 Å². The lowest BCUT2D eigenvalue weighted by atomic mass is 10.1. The van der Waals surface area contributed by atoms with E-state index < -0.39 is 5.91 Å². The van der Waals surface area contributed by atoms with Crippen molar-refractivity contribution in [3.8, 4) is 11.6 Å². The Labute approximate surface area is 196 Å². The van der Waals surface area contributed by atoms with E-state index in [1.54, 1.807) is 16.7 Å². The number of carbonyl (C=O) groups is 1. The first-order valence-corrected chi connectivity index (χ1v) is 11.1. The minimum Gasteiger partial charge on any atom is -0.493 e. The van der Waals surface area contributed by atoms with Gasteiger partial charge in [-0.15, -0.1) is 10.2 Å². The Kier molecular flexibility index (Phi) is 5.79. The Morgan fingerprint density at radius 2 is 1.65 bits per heavy atom. The van der Waals surface area contributed by atoms with Crippen LogP contribution in [-0.2, 0) is 13.2 Å². The first kappa shape index (κ1) is 21.4. The zero-order valence-electron chi connectivity index (χ0n) is 18.7. The number of azo groups is 1. The number of amides is 1. The number of aryl methyl sites for hydroxylation is 1. The molecule has 6 heteroatoms. The van der Waals surface area contributed by atoms with Crippen LogP contribution in [0.1, 0.15) is 22.8 Å². The number of rotatable bonds is 6. The van der Waals surface area contributed by atoms with Gasteiger partial charge in [0.05, 0.1) is 5.52 Å². The molecule has 0 aliphatic heterocycles. The summed E-state index contributed by atoms with van der Waals surface area (Å²) in [6.45, 7) is 2.90. The molecule has 1 heterocycles. The van der Waals surface area contributed by atoms with Gasteiger partial charge in [-0.25, -0.2) is 0 Å². The molecule has 0 unspecified atom stereocenters. The SMILES string of the molecule is CCn1c(O)c(N=NC(=O)c2ccc(COc3ccc4ccccc4c3)cc2)c2ccccc21. The van der Waals surface area contributed by atoms with Gasteiger partial charge in [0, 0.05) is 17.5 Å². The van der Waals surface area contributed by atoms with Crippen LogP contribution in [0.5, 0.6) is 11.6 Å². The normalized spacial score (nSPS) is 11.4. The fourth-order valence-corrected chi connectivity index (χ4v) is 4.01. The lowest BCUT2D eigenvalue weighted by Gasteiger charge is -2.08. The van der Waals surface area contributed by atoms with E-state index in [0.29, 0.717) is 24.4 Å². The summed E-state index contributed by atoms with van der Waals surface area (Å²) in [7, 11) is 0.